The van der Waals surface area contributed by atoms with Gasteiger partial charge in [0, 0.05) is 42.8 Å². The molecule has 0 bridgehead atoms. The van der Waals surface area contributed by atoms with Crippen molar-refractivity contribution in [2.24, 2.45) is 0 Å². The van der Waals surface area contributed by atoms with E-state index in [1.807, 2.05) is 30.5 Å². The van der Waals surface area contributed by atoms with E-state index in [1.165, 1.54) is 6.08 Å². The van der Waals surface area contributed by atoms with Crippen LogP contribution in [0, 0.1) is 0 Å². The minimum atomic E-state index is -0.105. The first-order valence-corrected chi connectivity index (χ1v) is 10.0. The highest BCUT2D eigenvalue weighted by Gasteiger charge is 2.26. The number of carbonyl (C=O) groups is 2. The summed E-state index contributed by atoms with van der Waals surface area (Å²) >= 11 is 0. The number of hydrogen-bond donors (Lipinski definition) is 1. The predicted molar refractivity (Wildman–Crippen MR) is 111 cm³/mol. The van der Waals surface area contributed by atoms with Crippen LogP contribution in [0.15, 0.2) is 55.4 Å². The first-order valence-electron chi connectivity index (χ1n) is 10.0. The number of nitrogens with one attached hydrogen (secondary N) is 1. The molecule has 2 amide bonds. The lowest BCUT2D eigenvalue weighted by atomic mass is 9.97. The lowest BCUT2D eigenvalue weighted by Crippen LogP contribution is -2.40. The molecule has 0 aliphatic carbocycles. The summed E-state index contributed by atoms with van der Waals surface area (Å²) in [7, 11) is 0. The molecule has 6 nitrogen and oxygen atoms in total. The average Bonchev–Trinajstić information content (AvgIpc) is 2.78. The third kappa shape index (κ3) is 4.22. The van der Waals surface area contributed by atoms with Gasteiger partial charge in [-0.3, -0.25) is 14.6 Å². The SMILES string of the molecule is C=CC(=O)N1CCCc2cc(C(=O)N[C@@H]3CCO[C@@H](c4cccnc4)C3)ccc21. The Labute approximate surface area is 170 Å². The van der Waals surface area contributed by atoms with Gasteiger partial charge in [-0.1, -0.05) is 12.6 Å². The maximum absolute atomic E-state index is 12.9. The minimum absolute atomic E-state index is 0.0512. The topological polar surface area (TPSA) is 71.5 Å². The van der Waals surface area contributed by atoms with E-state index in [0.29, 0.717) is 18.7 Å². The van der Waals surface area contributed by atoms with Crippen molar-refractivity contribution >= 4 is 17.5 Å². The Balaban J connectivity index is 1.45. The van der Waals surface area contributed by atoms with Gasteiger partial charge in [-0.05, 0) is 67.2 Å². The highest BCUT2D eigenvalue weighted by molar-refractivity contribution is 6.02. The van der Waals surface area contributed by atoms with Crippen LogP contribution in [0.4, 0.5) is 5.69 Å². The van der Waals surface area contributed by atoms with Gasteiger partial charge in [0.05, 0.1) is 6.10 Å². The van der Waals surface area contributed by atoms with Gasteiger partial charge in [0.2, 0.25) is 5.91 Å². The molecule has 2 atom stereocenters. The number of ether oxygens (including phenoxy) is 1. The number of aromatic nitrogens is 1. The van der Waals surface area contributed by atoms with Crippen molar-refractivity contribution in [3.8, 4) is 0 Å². The van der Waals surface area contributed by atoms with Crippen molar-refractivity contribution in [3.05, 3.63) is 72.1 Å². The maximum Gasteiger partial charge on any atom is 0.251 e. The molecule has 1 fully saturated rings. The molecule has 150 valence electrons. The Morgan fingerprint density at radius 2 is 2.21 bits per heavy atom. The summed E-state index contributed by atoms with van der Waals surface area (Å²) in [5.41, 5.74) is 3.56. The Morgan fingerprint density at radius 1 is 1.31 bits per heavy atom. The predicted octanol–water partition coefficient (Wildman–Crippen LogP) is 3.20. The molecule has 2 aliphatic rings. The molecule has 1 aromatic carbocycles. The fourth-order valence-corrected chi connectivity index (χ4v) is 4.07. The van der Waals surface area contributed by atoms with Crippen molar-refractivity contribution < 1.29 is 14.3 Å². The molecule has 0 radical (unpaired) electrons. The number of fused-ring (bicyclic) bond motifs is 1. The zero-order valence-electron chi connectivity index (χ0n) is 16.3. The molecule has 4 rings (SSSR count). The lowest BCUT2D eigenvalue weighted by Gasteiger charge is -2.31. The molecule has 1 aromatic heterocycles. The Hall–Kier alpha value is -2.99. The second kappa shape index (κ2) is 8.57. The zero-order chi connectivity index (χ0) is 20.2. The third-order valence-corrected chi connectivity index (χ3v) is 5.58. The average molecular weight is 391 g/mol. The van der Waals surface area contributed by atoms with Crippen molar-refractivity contribution in [1.29, 1.82) is 0 Å². The van der Waals surface area contributed by atoms with Crippen LogP contribution in [0.3, 0.4) is 0 Å². The quantitative estimate of drug-likeness (QED) is 0.813. The Bertz CT molecular complexity index is 913. The number of benzene rings is 1. The van der Waals surface area contributed by atoms with E-state index in [-0.39, 0.29) is 24.0 Å². The highest BCUT2D eigenvalue weighted by atomic mass is 16.5. The molecule has 1 N–H and O–H groups in total. The summed E-state index contributed by atoms with van der Waals surface area (Å²) in [5, 5.41) is 3.15. The number of nitrogens with zero attached hydrogens (tertiary/aromatic N) is 2. The standard InChI is InChI=1S/C23H25N3O3/c1-2-22(27)26-11-4-6-16-13-17(7-8-20(16)26)23(28)25-19-9-12-29-21(14-19)18-5-3-10-24-15-18/h2-3,5,7-8,10,13,15,19,21H,1,4,6,9,11-12,14H2,(H,25,28)/t19-,21-/m1/s1. The van der Waals surface area contributed by atoms with Crippen molar-refractivity contribution in [2.75, 3.05) is 18.1 Å². The van der Waals surface area contributed by atoms with Gasteiger partial charge < -0.3 is 15.0 Å². The van der Waals surface area contributed by atoms with Gasteiger partial charge in [0.15, 0.2) is 0 Å². The lowest BCUT2D eigenvalue weighted by molar-refractivity contribution is -0.114. The van der Waals surface area contributed by atoms with Crippen LogP contribution in [0.2, 0.25) is 0 Å². The number of anilines is 1. The third-order valence-electron chi connectivity index (χ3n) is 5.58. The van der Waals surface area contributed by atoms with Crippen LogP contribution < -0.4 is 10.2 Å². The van der Waals surface area contributed by atoms with E-state index in [4.69, 9.17) is 4.74 Å². The van der Waals surface area contributed by atoms with E-state index in [9.17, 15) is 9.59 Å². The van der Waals surface area contributed by atoms with Crippen LogP contribution in [-0.2, 0) is 16.0 Å². The summed E-state index contributed by atoms with van der Waals surface area (Å²) in [4.78, 5) is 30.8. The van der Waals surface area contributed by atoms with Crippen molar-refractivity contribution in [3.63, 3.8) is 0 Å². The monoisotopic (exact) mass is 391 g/mol. The van der Waals surface area contributed by atoms with Crippen LogP contribution in [-0.4, -0.2) is 36.0 Å². The Morgan fingerprint density at radius 3 is 3.00 bits per heavy atom. The molecular formula is C23H25N3O3. The van der Waals surface area contributed by atoms with Crippen molar-refractivity contribution in [1.82, 2.24) is 10.3 Å². The van der Waals surface area contributed by atoms with Gasteiger partial charge >= 0.3 is 0 Å². The van der Waals surface area contributed by atoms with Crippen molar-refractivity contribution in [2.45, 2.75) is 37.8 Å². The van der Waals surface area contributed by atoms with Crippen LogP contribution in [0.5, 0.6) is 0 Å². The largest absolute Gasteiger partial charge is 0.373 e. The second-order valence-corrected chi connectivity index (χ2v) is 7.48. The summed E-state index contributed by atoms with van der Waals surface area (Å²) in [6.07, 6.45) is 8.09. The normalized spacial score (nSPS) is 21.2. The molecule has 0 spiro atoms. The van der Waals surface area contributed by atoms with Crippen LogP contribution in [0.1, 0.15) is 46.9 Å². The number of aryl methyl sites for hydroxylation is 1. The van der Waals surface area contributed by atoms with Gasteiger partial charge in [-0.25, -0.2) is 0 Å². The van der Waals surface area contributed by atoms with E-state index < -0.39 is 0 Å². The number of amides is 2. The highest BCUT2D eigenvalue weighted by Crippen LogP contribution is 2.30. The number of rotatable bonds is 4. The summed E-state index contributed by atoms with van der Waals surface area (Å²) in [5.74, 6) is -0.191. The number of pyridine rings is 1. The maximum atomic E-state index is 12.9. The van der Waals surface area contributed by atoms with Gasteiger partial charge in [0.1, 0.15) is 0 Å². The molecular weight excluding hydrogens is 366 g/mol. The van der Waals surface area contributed by atoms with E-state index in [2.05, 4.69) is 16.9 Å². The van der Waals surface area contributed by atoms with Gasteiger partial charge in [-0.2, -0.15) is 0 Å². The fraction of sp³-hybridized carbons (Fsp3) is 0.348. The first-order chi connectivity index (χ1) is 14.2. The zero-order valence-corrected chi connectivity index (χ0v) is 16.3. The minimum Gasteiger partial charge on any atom is -0.373 e. The molecule has 1 saturated heterocycles. The van der Waals surface area contributed by atoms with Gasteiger partial charge in [-0.15, -0.1) is 0 Å². The van der Waals surface area contributed by atoms with Gasteiger partial charge in [0.25, 0.3) is 5.91 Å². The molecule has 3 heterocycles. The van der Waals surface area contributed by atoms with E-state index in [1.54, 1.807) is 17.2 Å². The smallest absolute Gasteiger partial charge is 0.251 e. The van der Waals surface area contributed by atoms with Crippen LogP contribution in [0.25, 0.3) is 0 Å². The number of hydrogen-bond acceptors (Lipinski definition) is 4. The molecule has 0 saturated carbocycles. The fourth-order valence-electron chi connectivity index (χ4n) is 4.07. The first kappa shape index (κ1) is 19.3. The summed E-state index contributed by atoms with van der Waals surface area (Å²) in [6.45, 7) is 4.86. The molecule has 0 unspecified atom stereocenters. The second-order valence-electron chi connectivity index (χ2n) is 7.48. The summed E-state index contributed by atoms with van der Waals surface area (Å²) in [6, 6.07) is 9.52. The Kier molecular flexibility index (Phi) is 5.71. The molecule has 29 heavy (non-hydrogen) atoms. The summed E-state index contributed by atoms with van der Waals surface area (Å²) < 4.78 is 5.86. The van der Waals surface area contributed by atoms with E-state index >= 15 is 0 Å². The van der Waals surface area contributed by atoms with Crippen LogP contribution >= 0.6 is 0 Å². The molecule has 2 aromatic rings. The molecule has 6 heteroatoms. The van der Waals surface area contributed by atoms with E-state index in [0.717, 1.165) is 42.5 Å². The number of carbonyl (C=O) groups excluding carboxylic acids is 2. The molecule has 2 aliphatic heterocycles.